The fraction of sp³-hybridized carbons (Fsp3) is 0.357. The second-order valence-electron chi connectivity index (χ2n) is 4.43. The lowest BCUT2D eigenvalue weighted by Crippen LogP contribution is -2.39. The van der Waals surface area contributed by atoms with Crippen LogP contribution >= 0.6 is 0 Å². The number of carbonyl (C=O) groups excluding carboxylic acids is 1. The molecule has 1 rings (SSSR count). The first kappa shape index (κ1) is 15.8. The molecule has 0 saturated carbocycles. The summed E-state index contributed by atoms with van der Waals surface area (Å²) in [5.74, 6) is -1.43. The first-order valence-corrected chi connectivity index (χ1v) is 6.25. The molecule has 1 heterocycles. The Morgan fingerprint density at radius 2 is 2.15 bits per heavy atom. The number of hydrogen-bond acceptors (Lipinski definition) is 4. The Morgan fingerprint density at radius 1 is 1.45 bits per heavy atom. The minimum absolute atomic E-state index is 0.0899. The van der Waals surface area contributed by atoms with Crippen molar-refractivity contribution in [3.8, 4) is 0 Å². The zero-order valence-corrected chi connectivity index (χ0v) is 11.5. The number of aromatic nitrogens is 1. The fourth-order valence-electron chi connectivity index (χ4n) is 1.73. The van der Waals surface area contributed by atoms with Crippen LogP contribution < -0.4 is 0 Å². The Hall–Kier alpha value is -2.21. The summed E-state index contributed by atoms with van der Waals surface area (Å²) in [5.41, 5.74) is 0.607. The lowest BCUT2D eigenvalue weighted by Gasteiger charge is -2.26. The number of amides is 1. The Labute approximate surface area is 117 Å². The molecule has 0 radical (unpaired) electrons. The van der Waals surface area contributed by atoms with Gasteiger partial charge < -0.3 is 15.1 Å². The van der Waals surface area contributed by atoms with Crippen LogP contribution in [0.1, 0.15) is 29.9 Å². The van der Waals surface area contributed by atoms with Crippen LogP contribution in [0.4, 0.5) is 0 Å². The predicted octanol–water partition coefficient (Wildman–Crippen LogP) is 1.02. The number of pyridine rings is 1. The highest BCUT2D eigenvalue weighted by molar-refractivity contribution is 5.97. The molecule has 0 atom stereocenters. The van der Waals surface area contributed by atoms with Gasteiger partial charge >= 0.3 is 5.97 Å². The van der Waals surface area contributed by atoms with Gasteiger partial charge in [-0.3, -0.25) is 9.78 Å². The van der Waals surface area contributed by atoms with E-state index in [0.717, 1.165) is 6.08 Å². The first-order valence-electron chi connectivity index (χ1n) is 6.25. The van der Waals surface area contributed by atoms with Gasteiger partial charge in [0, 0.05) is 30.4 Å². The van der Waals surface area contributed by atoms with Crippen molar-refractivity contribution in [2.45, 2.75) is 19.9 Å². The molecule has 0 aliphatic carbocycles. The Balaban J connectivity index is 3.11. The maximum Gasteiger partial charge on any atom is 0.328 e. The summed E-state index contributed by atoms with van der Waals surface area (Å²) < 4.78 is 0. The smallest absolute Gasteiger partial charge is 0.328 e. The highest BCUT2D eigenvalue weighted by Gasteiger charge is 2.21. The molecular formula is C14H18N2O4. The summed E-state index contributed by atoms with van der Waals surface area (Å²) >= 11 is 0. The third kappa shape index (κ3) is 4.17. The lowest BCUT2D eigenvalue weighted by molar-refractivity contribution is -0.131. The van der Waals surface area contributed by atoms with Gasteiger partial charge in [0.1, 0.15) is 5.69 Å². The van der Waals surface area contributed by atoms with Crippen LogP contribution in [-0.4, -0.2) is 51.2 Å². The maximum atomic E-state index is 12.4. The van der Waals surface area contributed by atoms with Crippen molar-refractivity contribution in [3.05, 3.63) is 35.7 Å². The minimum Gasteiger partial charge on any atom is -0.478 e. The van der Waals surface area contributed by atoms with Crippen molar-refractivity contribution in [1.82, 2.24) is 9.88 Å². The number of aliphatic hydroxyl groups is 1. The first-order chi connectivity index (χ1) is 9.47. The molecule has 108 valence electrons. The van der Waals surface area contributed by atoms with Crippen LogP contribution in [0.5, 0.6) is 0 Å². The van der Waals surface area contributed by atoms with E-state index in [4.69, 9.17) is 10.2 Å². The van der Waals surface area contributed by atoms with Crippen molar-refractivity contribution in [2.24, 2.45) is 0 Å². The second-order valence-corrected chi connectivity index (χ2v) is 4.43. The van der Waals surface area contributed by atoms with Crippen molar-refractivity contribution in [1.29, 1.82) is 0 Å². The maximum absolute atomic E-state index is 12.4. The van der Waals surface area contributed by atoms with Crippen LogP contribution in [0.15, 0.2) is 24.4 Å². The topological polar surface area (TPSA) is 90.7 Å². The average molecular weight is 278 g/mol. The van der Waals surface area contributed by atoms with Crippen molar-refractivity contribution >= 4 is 18.0 Å². The molecule has 0 bridgehead atoms. The van der Waals surface area contributed by atoms with Gasteiger partial charge in [-0.1, -0.05) is 6.07 Å². The van der Waals surface area contributed by atoms with Gasteiger partial charge in [0.25, 0.3) is 5.91 Å². The van der Waals surface area contributed by atoms with E-state index in [-0.39, 0.29) is 30.8 Å². The highest BCUT2D eigenvalue weighted by atomic mass is 16.4. The number of nitrogens with zero attached hydrogens (tertiary/aromatic N) is 2. The highest BCUT2D eigenvalue weighted by Crippen LogP contribution is 2.12. The standard InChI is InChI=1S/C14H18N2O4/c1-10(2)16(8-9-17)14(20)13-11(4-3-7-15-13)5-6-12(18)19/h3-7,10,17H,8-9H2,1-2H3,(H,18,19)/b6-5+. The molecule has 2 N–H and O–H groups in total. The average Bonchev–Trinajstić information content (AvgIpc) is 2.41. The quantitative estimate of drug-likeness (QED) is 0.758. The molecule has 0 fully saturated rings. The molecule has 6 nitrogen and oxygen atoms in total. The normalized spacial score (nSPS) is 11.0. The minimum atomic E-state index is -1.09. The van der Waals surface area contributed by atoms with E-state index in [1.807, 2.05) is 13.8 Å². The molecule has 0 aliphatic heterocycles. The lowest BCUT2D eigenvalue weighted by atomic mass is 10.1. The molecule has 6 heteroatoms. The largest absolute Gasteiger partial charge is 0.478 e. The summed E-state index contributed by atoms with van der Waals surface area (Å²) in [6, 6.07) is 3.16. The van der Waals surface area contributed by atoms with E-state index in [1.165, 1.54) is 17.2 Å². The van der Waals surface area contributed by atoms with E-state index in [0.29, 0.717) is 5.56 Å². The molecule has 20 heavy (non-hydrogen) atoms. The van der Waals surface area contributed by atoms with Crippen molar-refractivity contribution in [2.75, 3.05) is 13.2 Å². The van der Waals surface area contributed by atoms with E-state index < -0.39 is 5.97 Å². The fourth-order valence-corrected chi connectivity index (χ4v) is 1.73. The molecule has 1 aromatic heterocycles. The second kappa shape index (κ2) is 7.40. The van der Waals surface area contributed by atoms with Gasteiger partial charge in [-0.2, -0.15) is 0 Å². The zero-order chi connectivity index (χ0) is 15.1. The number of carboxylic acids is 1. The number of carboxylic acid groups (broad SMARTS) is 1. The van der Waals surface area contributed by atoms with E-state index in [2.05, 4.69) is 4.98 Å². The molecule has 1 aromatic rings. The number of carbonyl (C=O) groups is 2. The molecular weight excluding hydrogens is 260 g/mol. The monoisotopic (exact) mass is 278 g/mol. The molecule has 0 saturated heterocycles. The van der Waals surface area contributed by atoms with E-state index in [9.17, 15) is 9.59 Å². The summed E-state index contributed by atoms with van der Waals surface area (Å²) in [7, 11) is 0. The van der Waals surface area contributed by atoms with Gasteiger partial charge in [0.2, 0.25) is 0 Å². The number of aliphatic carboxylic acids is 1. The van der Waals surface area contributed by atoms with Gasteiger partial charge in [-0.05, 0) is 26.0 Å². The third-order valence-corrected chi connectivity index (χ3v) is 2.67. The predicted molar refractivity (Wildman–Crippen MR) is 74.2 cm³/mol. The van der Waals surface area contributed by atoms with Gasteiger partial charge in [-0.15, -0.1) is 0 Å². The van der Waals surface area contributed by atoms with Crippen LogP contribution in [0.3, 0.4) is 0 Å². The van der Waals surface area contributed by atoms with Gasteiger partial charge in [0.05, 0.1) is 6.61 Å². The van der Waals surface area contributed by atoms with Crippen LogP contribution in [0, 0.1) is 0 Å². The molecule has 0 unspecified atom stereocenters. The number of aliphatic hydroxyl groups excluding tert-OH is 1. The number of rotatable bonds is 6. The number of hydrogen-bond donors (Lipinski definition) is 2. The van der Waals surface area contributed by atoms with Crippen molar-refractivity contribution < 1.29 is 19.8 Å². The van der Waals surface area contributed by atoms with Gasteiger partial charge in [-0.25, -0.2) is 4.79 Å². The molecule has 0 aromatic carbocycles. The Kier molecular flexibility index (Phi) is 5.86. The van der Waals surface area contributed by atoms with E-state index in [1.54, 1.807) is 12.1 Å². The summed E-state index contributed by atoms with van der Waals surface area (Å²) in [6.45, 7) is 3.73. The van der Waals surface area contributed by atoms with Crippen molar-refractivity contribution in [3.63, 3.8) is 0 Å². The van der Waals surface area contributed by atoms with Gasteiger partial charge in [0.15, 0.2) is 0 Å². The zero-order valence-electron chi connectivity index (χ0n) is 11.5. The molecule has 0 aliphatic rings. The Bertz CT molecular complexity index is 512. The SMILES string of the molecule is CC(C)N(CCO)C(=O)c1ncccc1/C=C/C(=O)O. The third-order valence-electron chi connectivity index (χ3n) is 2.67. The van der Waals surface area contributed by atoms with E-state index >= 15 is 0 Å². The summed E-state index contributed by atoms with van der Waals surface area (Å²) in [6.07, 6.45) is 3.77. The summed E-state index contributed by atoms with van der Waals surface area (Å²) in [4.78, 5) is 28.5. The Morgan fingerprint density at radius 3 is 2.70 bits per heavy atom. The summed E-state index contributed by atoms with van der Waals surface area (Å²) in [5, 5.41) is 17.7. The van der Waals surface area contributed by atoms with Crippen LogP contribution in [0.25, 0.3) is 6.08 Å². The molecule has 0 spiro atoms. The van der Waals surface area contributed by atoms with Crippen LogP contribution in [0.2, 0.25) is 0 Å². The van der Waals surface area contributed by atoms with Crippen LogP contribution in [-0.2, 0) is 4.79 Å². The molecule has 1 amide bonds.